The molecule has 3 fully saturated rings. The number of rotatable bonds is 2. The van der Waals surface area contributed by atoms with E-state index in [0.29, 0.717) is 5.91 Å². The van der Waals surface area contributed by atoms with E-state index >= 15 is 0 Å². The fourth-order valence-electron chi connectivity index (χ4n) is 4.06. The van der Waals surface area contributed by atoms with Crippen LogP contribution < -0.4 is 5.32 Å². The highest BCUT2D eigenvalue weighted by molar-refractivity contribution is 5.85. The van der Waals surface area contributed by atoms with Crippen molar-refractivity contribution in [1.82, 2.24) is 15.1 Å². The molecule has 6 heteroatoms. The number of hydrogen-bond acceptors (Lipinski definition) is 3. The van der Waals surface area contributed by atoms with Gasteiger partial charge in [-0.3, -0.25) is 4.79 Å². The molecular weight excluding hydrogens is 321 g/mol. The van der Waals surface area contributed by atoms with E-state index in [4.69, 9.17) is 0 Å². The highest BCUT2D eigenvalue weighted by Crippen LogP contribution is 2.23. The molecule has 1 N–H and O–H groups in total. The number of carbonyl (C=O) groups excluding carboxylic acids is 1. The first kappa shape index (κ1) is 20.0. The second-order valence-electron chi connectivity index (χ2n) is 6.70. The third kappa shape index (κ3) is 4.98. The largest absolute Gasteiger partial charge is 0.342 e. The van der Waals surface area contributed by atoms with Gasteiger partial charge in [0.1, 0.15) is 0 Å². The minimum atomic E-state index is 0. The summed E-state index contributed by atoms with van der Waals surface area (Å²) in [6, 6.07) is 0.740. The van der Waals surface area contributed by atoms with E-state index in [-0.39, 0.29) is 30.7 Å². The second-order valence-corrected chi connectivity index (χ2v) is 6.70. The first-order chi connectivity index (χ1) is 9.84. The minimum absolute atomic E-state index is 0. The summed E-state index contributed by atoms with van der Waals surface area (Å²) in [4.78, 5) is 17.3. The lowest BCUT2D eigenvalue weighted by Crippen LogP contribution is -2.50. The minimum Gasteiger partial charge on any atom is -0.342 e. The third-order valence-electron chi connectivity index (χ3n) is 5.33. The number of hydrogen-bond donors (Lipinski definition) is 1. The Morgan fingerprint density at radius 3 is 2.14 bits per heavy atom. The van der Waals surface area contributed by atoms with Crippen LogP contribution in [0.5, 0.6) is 0 Å². The molecule has 0 spiro atoms. The predicted octanol–water partition coefficient (Wildman–Crippen LogP) is 2.31. The summed E-state index contributed by atoms with van der Waals surface area (Å²) in [5, 5.41) is 3.36. The standard InChI is InChI=1S/C16H29N3O.2ClH/c20-16(14-5-4-8-17-13-14)19-11-6-15(7-12-19)18-9-2-1-3-10-18;;/h14-15,17H,1-13H2;2*1H. The van der Waals surface area contributed by atoms with Crippen molar-refractivity contribution in [1.29, 1.82) is 0 Å². The Kier molecular flexibility index (Phi) is 9.07. The zero-order valence-corrected chi connectivity index (χ0v) is 15.1. The van der Waals surface area contributed by atoms with Gasteiger partial charge in [-0.25, -0.2) is 0 Å². The molecule has 1 unspecified atom stereocenters. The van der Waals surface area contributed by atoms with E-state index in [9.17, 15) is 4.79 Å². The van der Waals surface area contributed by atoms with E-state index in [1.165, 1.54) is 45.2 Å². The van der Waals surface area contributed by atoms with Crippen LogP contribution in [0.25, 0.3) is 0 Å². The molecule has 3 aliphatic heterocycles. The van der Waals surface area contributed by atoms with Crippen molar-refractivity contribution in [3.05, 3.63) is 0 Å². The Labute approximate surface area is 147 Å². The molecule has 0 aromatic heterocycles. The van der Waals surface area contributed by atoms with Crippen molar-refractivity contribution >= 4 is 30.7 Å². The molecular formula is C16H31Cl2N3O. The van der Waals surface area contributed by atoms with Gasteiger partial charge in [0.05, 0.1) is 5.92 Å². The van der Waals surface area contributed by atoms with Gasteiger partial charge < -0.3 is 15.1 Å². The van der Waals surface area contributed by atoms with Gasteiger partial charge in [0.25, 0.3) is 0 Å². The van der Waals surface area contributed by atoms with Gasteiger partial charge >= 0.3 is 0 Å². The zero-order valence-electron chi connectivity index (χ0n) is 13.5. The Bertz CT molecular complexity index is 323. The van der Waals surface area contributed by atoms with Crippen LogP contribution in [0.2, 0.25) is 0 Å². The first-order valence-electron chi connectivity index (χ1n) is 8.58. The summed E-state index contributed by atoms with van der Waals surface area (Å²) >= 11 is 0. The molecule has 3 rings (SSSR count). The van der Waals surface area contributed by atoms with Crippen LogP contribution in [0.15, 0.2) is 0 Å². The summed E-state index contributed by atoms with van der Waals surface area (Å²) in [5.74, 6) is 0.657. The lowest BCUT2D eigenvalue weighted by atomic mass is 9.95. The summed E-state index contributed by atoms with van der Waals surface area (Å²) in [5.41, 5.74) is 0. The van der Waals surface area contributed by atoms with Gasteiger partial charge in [-0.15, -0.1) is 24.8 Å². The second kappa shape index (κ2) is 9.96. The van der Waals surface area contributed by atoms with Crippen LogP contribution in [0.3, 0.4) is 0 Å². The van der Waals surface area contributed by atoms with Crippen molar-refractivity contribution in [2.75, 3.05) is 39.3 Å². The first-order valence-corrected chi connectivity index (χ1v) is 8.58. The molecule has 0 saturated carbocycles. The Morgan fingerprint density at radius 2 is 1.55 bits per heavy atom. The molecule has 3 aliphatic rings. The maximum Gasteiger partial charge on any atom is 0.226 e. The lowest BCUT2D eigenvalue weighted by Gasteiger charge is -2.41. The van der Waals surface area contributed by atoms with E-state index in [1.807, 2.05) is 0 Å². The fourth-order valence-corrected chi connectivity index (χ4v) is 4.06. The Hall–Kier alpha value is -0.0300. The maximum absolute atomic E-state index is 12.5. The normalized spacial score (nSPS) is 27.6. The Morgan fingerprint density at radius 1 is 0.864 bits per heavy atom. The fraction of sp³-hybridized carbons (Fsp3) is 0.938. The number of carbonyl (C=O) groups is 1. The van der Waals surface area contributed by atoms with Crippen molar-refractivity contribution < 1.29 is 4.79 Å². The SMILES string of the molecule is Cl.Cl.O=C(C1CCCNC1)N1CCC(N2CCCCC2)CC1. The highest BCUT2D eigenvalue weighted by atomic mass is 35.5. The quantitative estimate of drug-likeness (QED) is 0.828. The smallest absolute Gasteiger partial charge is 0.226 e. The molecule has 1 atom stereocenters. The van der Waals surface area contributed by atoms with Gasteiger partial charge in [0.2, 0.25) is 5.91 Å². The molecule has 0 bridgehead atoms. The summed E-state index contributed by atoms with van der Waals surface area (Å²) < 4.78 is 0. The van der Waals surface area contributed by atoms with Crippen LogP contribution in [0.4, 0.5) is 0 Å². The number of amides is 1. The molecule has 3 heterocycles. The zero-order chi connectivity index (χ0) is 13.8. The summed E-state index contributed by atoms with van der Waals surface area (Å²) in [6.07, 6.45) is 8.75. The van der Waals surface area contributed by atoms with E-state index in [0.717, 1.165) is 45.1 Å². The van der Waals surface area contributed by atoms with Gasteiger partial charge in [0.15, 0.2) is 0 Å². The van der Waals surface area contributed by atoms with Crippen LogP contribution in [0, 0.1) is 5.92 Å². The lowest BCUT2D eigenvalue weighted by molar-refractivity contribution is -0.137. The highest BCUT2D eigenvalue weighted by Gasteiger charge is 2.31. The van der Waals surface area contributed by atoms with Crippen LogP contribution in [0.1, 0.15) is 44.9 Å². The average molecular weight is 352 g/mol. The van der Waals surface area contributed by atoms with Crippen LogP contribution in [-0.2, 0) is 4.79 Å². The number of nitrogens with zero attached hydrogens (tertiary/aromatic N) is 2. The summed E-state index contributed by atoms with van der Waals surface area (Å²) in [7, 11) is 0. The van der Waals surface area contributed by atoms with Crippen LogP contribution >= 0.6 is 24.8 Å². The van der Waals surface area contributed by atoms with Gasteiger partial charge in [0, 0.05) is 25.7 Å². The molecule has 4 nitrogen and oxygen atoms in total. The molecule has 130 valence electrons. The van der Waals surface area contributed by atoms with E-state index < -0.39 is 0 Å². The molecule has 1 amide bonds. The molecule has 0 radical (unpaired) electrons. The van der Waals surface area contributed by atoms with Gasteiger partial charge in [-0.1, -0.05) is 6.42 Å². The van der Waals surface area contributed by atoms with Crippen molar-refractivity contribution in [3.63, 3.8) is 0 Å². The number of halogens is 2. The van der Waals surface area contributed by atoms with Crippen molar-refractivity contribution in [3.8, 4) is 0 Å². The molecule has 0 aromatic rings. The van der Waals surface area contributed by atoms with Crippen molar-refractivity contribution in [2.24, 2.45) is 5.92 Å². The van der Waals surface area contributed by atoms with Gasteiger partial charge in [-0.2, -0.15) is 0 Å². The molecule has 0 aromatic carbocycles. The summed E-state index contributed by atoms with van der Waals surface area (Å²) in [6.45, 7) is 6.51. The predicted molar refractivity (Wildman–Crippen MR) is 95.1 cm³/mol. The molecule has 22 heavy (non-hydrogen) atoms. The molecule has 3 saturated heterocycles. The maximum atomic E-state index is 12.5. The average Bonchev–Trinajstić information content (AvgIpc) is 2.56. The Balaban J connectivity index is 0.00000121. The van der Waals surface area contributed by atoms with Gasteiger partial charge in [-0.05, 0) is 58.2 Å². The monoisotopic (exact) mass is 351 g/mol. The third-order valence-corrected chi connectivity index (χ3v) is 5.33. The van der Waals surface area contributed by atoms with Crippen molar-refractivity contribution in [2.45, 2.75) is 51.0 Å². The van der Waals surface area contributed by atoms with Crippen LogP contribution in [-0.4, -0.2) is 61.0 Å². The van der Waals surface area contributed by atoms with E-state index in [2.05, 4.69) is 15.1 Å². The number of piperidine rings is 3. The topological polar surface area (TPSA) is 35.6 Å². The molecule has 0 aliphatic carbocycles. The number of nitrogens with one attached hydrogen (secondary N) is 1. The number of likely N-dealkylation sites (tertiary alicyclic amines) is 2. The van der Waals surface area contributed by atoms with E-state index in [1.54, 1.807) is 0 Å².